The van der Waals surface area contributed by atoms with Crippen molar-refractivity contribution >= 4 is 11.7 Å². The molecule has 0 bridgehead atoms. The topological polar surface area (TPSA) is 55.4 Å². The maximum Gasteiger partial charge on any atom is 0.268 e. The van der Waals surface area contributed by atoms with Crippen LogP contribution in [-0.4, -0.2) is 17.8 Å². The van der Waals surface area contributed by atoms with Crippen LogP contribution < -0.4 is 5.32 Å². The maximum absolute atomic E-state index is 11.8. The number of rotatable bonds is 10. The molecule has 0 spiro atoms. The summed E-state index contributed by atoms with van der Waals surface area (Å²) in [7, 11) is 0. The molecule has 0 aromatic heterocycles. The van der Waals surface area contributed by atoms with E-state index < -0.39 is 6.10 Å². The highest BCUT2D eigenvalue weighted by Gasteiger charge is 2.32. The minimum atomic E-state index is -0.470. The van der Waals surface area contributed by atoms with E-state index in [1.165, 1.54) is 38.2 Å². The molecule has 0 saturated carbocycles. The predicted molar refractivity (Wildman–Crippen MR) is 83.6 cm³/mol. The number of allylic oxidation sites excluding steroid dienone is 1. The van der Waals surface area contributed by atoms with Crippen LogP contribution in [0.4, 0.5) is 0 Å². The SMILES string of the molecule is CCCCCCCCCC(=O)/C=C1\NC(=O)C(C(C)C)O1. The lowest BCUT2D eigenvalue weighted by Crippen LogP contribution is -2.27. The van der Waals surface area contributed by atoms with E-state index >= 15 is 0 Å². The first-order chi connectivity index (χ1) is 10.0. The van der Waals surface area contributed by atoms with E-state index in [1.54, 1.807) is 0 Å². The molecule has 21 heavy (non-hydrogen) atoms. The van der Waals surface area contributed by atoms with Gasteiger partial charge in [-0.2, -0.15) is 0 Å². The van der Waals surface area contributed by atoms with Crippen molar-refractivity contribution in [1.29, 1.82) is 0 Å². The third kappa shape index (κ3) is 6.78. The average molecular weight is 295 g/mol. The lowest BCUT2D eigenvalue weighted by molar-refractivity contribution is -0.125. The minimum Gasteiger partial charge on any atom is -0.465 e. The van der Waals surface area contributed by atoms with Gasteiger partial charge in [0, 0.05) is 12.5 Å². The van der Waals surface area contributed by atoms with E-state index in [2.05, 4.69) is 12.2 Å². The molecule has 4 nitrogen and oxygen atoms in total. The fourth-order valence-corrected chi connectivity index (χ4v) is 2.40. The van der Waals surface area contributed by atoms with Crippen molar-refractivity contribution in [2.24, 2.45) is 5.92 Å². The first-order valence-corrected chi connectivity index (χ1v) is 8.26. The van der Waals surface area contributed by atoms with Gasteiger partial charge in [0.05, 0.1) is 0 Å². The van der Waals surface area contributed by atoms with Crippen LogP contribution in [0.3, 0.4) is 0 Å². The highest BCUT2D eigenvalue weighted by molar-refractivity contribution is 5.92. The third-order valence-electron chi connectivity index (χ3n) is 3.68. The molecule has 1 heterocycles. The fraction of sp³-hybridized carbons (Fsp3) is 0.765. The number of hydrogen-bond donors (Lipinski definition) is 1. The van der Waals surface area contributed by atoms with E-state index in [9.17, 15) is 9.59 Å². The number of hydrogen-bond acceptors (Lipinski definition) is 3. The van der Waals surface area contributed by atoms with Crippen LogP contribution in [0.2, 0.25) is 0 Å². The van der Waals surface area contributed by atoms with Gasteiger partial charge in [0.2, 0.25) is 0 Å². The van der Waals surface area contributed by atoms with Crippen molar-refractivity contribution in [3.63, 3.8) is 0 Å². The van der Waals surface area contributed by atoms with Crippen molar-refractivity contribution in [1.82, 2.24) is 5.32 Å². The summed E-state index contributed by atoms with van der Waals surface area (Å²) in [5.74, 6) is 0.295. The number of carbonyl (C=O) groups excluding carboxylic acids is 2. The van der Waals surface area contributed by atoms with Gasteiger partial charge in [-0.3, -0.25) is 14.9 Å². The van der Waals surface area contributed by atoms with Gasteiger partial charge in [0.1, 0.15) is 0 Å². The predicted octanol–water partition coefficient (Wildman–Crippen LogP) is 3.71. The molecular formula is C17H29NO3. The Labute approximate surface area is 128 Å². The smallest absolute Gasteiger partial charge is 0.268 e. The minimum absolute atomic E-state index is 0.0308. The number of unbranched alkanes of at least 4 members (excludes halogenated alkanes) is 6. The van der Waals surface area contributed by atoms with Crippen LogP contribution >= 0.6 is 0 Å². The Balaban J connectivity index is 2.19. The van der Waals surface area contributed by atoms with Gasteiger partial charge >= 0.3 is 0 Å². The zero-order valence-corrected chi connectivity index (χ0v) is 13.6. The summed E-state index contributed by atoms with van der Waals surface area (Å²) in [5, 5.41) is 2.62. The lowest BCUT2D eigenvalue weighted by Gasteiger charge is -2.10. The summed E-state index contributed by atoms with van der Waals surface area (Å²) in [5.41, 5.74) is 0. The molecule has 1 saturated heterocycles. The van der Waals surface area contributed by atoms with Gasteiger partial charge in [-0.1, -0.05) is 59.3 Å². The quantitative estimate of drug-likeness (QED) is 0.494. The van der Waals surface area contributed by atoms with Crippen LogP contribution in [0.15, 0.2) is 12.0 Å². The van der Waals surface area contributed by atoms with Crippen molar-refractivity contribution < 1.29 is 14.3 Å². The summed E-state index contributed by atoms with van der Waals surface area (Å²) in [6, 6.07) is 0. The highest BCUT2D eigenvalue weighted by atomic mass is 16.5. The van der Waals surface area contributed by atoms with Gasteiger partial charge in [-0.05, 0) is 12.3 Å². The van der Waals surface area contributed by atoms with Gasteiger partial charge in [0.15, 0.2) is 17.8 Å². The van der Waals surface area contributed by atoms with Gasteiger partial charge < -0.3 is 4.74 Å². The van der Waals surface area contributed by atoms with Crippen molar-refractivity contribution in [2.45, 2.75) is 78.2 Å². The molecule has 0 radical (unpaired) electrons. The molecule has 1 rings (SSSR count). The second kappa shape index (κ2) is 9.59. The fourth-order valence-electron chi connectivity index (χ4n) is 2.40. The largest absolute Gasteiger partial charge is 0.465 e. The molecule has 0 aromatic carbocycles. The molecule has 1 unspecified atom stereocenters. The van der Waals surface area contributed by atoms with Crippen LogP contribution in [0.5, 0.6) is 0 Å². The Morgan fingerprint density at radius 2 is 1.81 bits per heavy atom. The molecule has 0 aromatic rings. The van der Waals surface area contributed by atoms with Crippen LogP contribution in [0.1, 0.15) is 72.1 Å². The Bertz CT molecular complexity index is 374. The molecular weight excluding hydrogens is 266 g/mol. The Morgan fingerprint density at radius 1 is 1.19 bits per heavy atom. The standard InChI is InChI=1S/C17H29NO3/c1-4-5-6-7-8-9-10-11-14(19)12-15-18-17(20)16(21-15)13(2)3/h12-13,16H,4-11H2,1-3H3,(H,18,20)/b15-12+. The van der Waals surface area contributed by atoms with Gasteiger partial charge in [-0.25, -0.2) is 0 Å². The monoisotopic (exact) mass is 295 g/mol. The molecule has 120 valence electrons. The zero-order chi connectivity index (χ0) is 15.7. The Hall–Kier alpha value is -1.32. The Morgan fingerprint density at radius 3 is 2.38 bits per heavy atom. The maximum atomic E-state index is 11.8. The molecule has 1 aliphatic heterocycles. The van der Waals surface area contributed by atoms with Crippen LogP contribution in [0, 0.1) is 5.92 Å². The van der Waals surface area contributed by atoms with Crippen molar-refractivity contribution in [2.75, 3.05) is 0 Å². The molecule has 4 heteroatoms. The molecule has 1 amide bonds. The summed E-state index contributed by atoms with van der Waals surface area (Å²) in [6.07, 6.45) is 9.82. The number of nitrogens with one attached hydrogen (secondary N) is 1. The number of ether oxygens (including phenoxy) is 1. The normalized spacial score (nSPS) is 19.9. The molecule has 1 atom stereocenters. The highest BCUT2D eigenvalue weighted by Crippen LogP contribution is 2.17. The second-order valence-electron chi connectivity index (χ2n) is 6.12. The average Bonchev–Trinajstić information content (AvgIpc) is 2.78. The zero-order valence-electron chi connectivity index (χ0n) is 13.6. The summed E-state index contributed by atoms with van der Waals surface area (Å²) in [4.78, 5) is 23.4. The summed E-state index contributed by atoms with van der Waals surface area (Å²) < 4.78 is 5.46. The lowest BCUT2D eigenvalue weighted by atomic mass is 10.1. The number of ketones is 1. The molecule has 1 N–H and O–H groups in total. The van der Waals surface area contributed by atoms with E-state index in [0.29, 0.717) is 12.3 Å². The van der Waals surface area contributed by atoms with E-state index in [0.717, 1.165) is 12.8 Å². The summed E-state index contributed by atoms with van der Waals surface area (Å²) in [6.45, 7) is 6.06. The summed E-state index contributed by atoms with van der Waals surface area (Å²) >= 11 is 0. The van der Waals surface area contributed by atoms with Gasteiger partial charge in [0.25, 0.3) is 5.91 Å². The van der Waals surface area contributed by atoms with E-state index in [1.807, 2.05) is 13.8 Å². The first-order valence-electron chi connectivity index (χ1n) is 8.26. The van der Waals surface area contributed by atoms with Gasteiger partial charge in [-0.15, -0.1) is 0 Å². The second-order valence-corrected chi connectivity index (χ2v) is 6.12. The first kappa shape index (κ1) is 17.7. The molecule has 0 aliphatic carbocycles. The van der Waals surface area contributed by atoms with Crippen LogP contribution in [-0.2, 0) is 14.3 Å². The third-order valence-corrected chi connectivity index (χ3v) is 3.68. The Kier molecular flexibility index (Phi) is 8.09. The van der Waals surface area contributed by atoms with Crippen molar-refractivity contribution in [3.8, 4) is 0 Å². The van der Waals surface area contributed by atoms with Crippen molar-refractivity contribution in [3.05, 3.63) is 12.0 Å². The van der Waals surface area contributed by atoms with Crippen LogP contribution in [0.25, 0.3) is 0 Å². The number of carbonyl (C=O) groups is 2. The number of amides is 1. The molecule has 1 fully saturated rings. The van der Waals surface area contributed by atoms with E-state index in [4.69, 9.17) is 4.74 Å². The molecule has 1 aliphatic rings. The van der Waals surface area contributed by atoms with E-state index in [-0.39, 0.29) is 17.6 Å².